The maximum atomic E-state index is 12.1. The van der Waals surface area contributed by atoms with Gasteiger partial charge in [-0.1, -0.05) is 59.7 Å². The highest BCUT2D eigenvalue weighted by molar-refractivity contribution is 7.79. The van der Waals surface area contributed by atoms with Crippen LogP contribution in [0.25, 0.3) is 0 Å². The lowest BCUT2D eigenvalue weighted by Gasteiger charge is -2.53. The molecule has 0 aliphatic carbocycles. The zero-order valence-electron chi connectivity index (χ0n) is 20.8. The summed E-state index contributed by atoms with van der Waals surface area (Å²) in [6.07, 6.45) is -3.14. The molecule has 1 aliphatic heterocycles. The summed E-state index contributed by atoms with van der Waals surface area (Å²) in [5.41, 5.74) is 0.208. The first-order chi connectivity index (χ1) is 15.0. The van der Waals surface area contributed by atoms with Gasteiger partial charge in [-0.05, 0) is 40.3 Å². The largest absolute Gasteiger partial charge is 0.768 e. The summed E-state index contributed by atoms with van der Waals surface area (Å²) in [5, 5.41) is 32.2. The minimum absolute atomic E-state index is 0.0378. The van der Waals surface area contributed by atoms with Crippen molar-refractivity contribution in [2.75, 3.05) is 6.61 Å². The van der Waals surface area contributed by atoms with E-state index in [9.17, 15) is 24.1 Å². The summed E-state index contributed by atoms with van der Waals surface area (Å²) in [7, 11) is -4.16. The van der Waals surface area contributed by atoms with E-state index in [0.717, 1.165) is 0 Å². The van der Waals surface area contributed by atoms with E-state index in [-0.39, 0.29) is 27.0 Å². The van der Waals surface area contributed by atoms with E-state index < -0.39 is 59.5 Å². The maximum Gasteiger partial charge on any atom is 0.192 e. The van der Waals surface area contributed by atoms with Crippen molar-refractivity contribution in [3.8, 4) is 0 Å². The van der Waals surface area contributed by atoms with Crippen LogP contribution in [0.15, 0.2) is 29.2 Å². The molecule has 1 aromatic rings. The average Bonchev–Trinajstić information content (AvgIpc) is 2.69. The number of benzene rings is 1. The van der Waals surface area contributed by atoms with E-state index in [2.05, 4.69) is 0 Å². The fourth-order valence-corrected chi connectivity index (χ4v) is 6.46. The molecule has 0 radical (unpaired) electrons. The third kappa shape index (κ3) is 6.40. The second-order valence-corrected chi connectivity index (χ2v) is 18.5. The van der Waals surface area contributed by atoms with Crippen LogP contribution < -0.4 is 0 Å². The van der Waals surface area contributed by atoms with Gasteiger partial charge in [-0.3, -0.25) is 4.21 Å². The van der Waals surface area contributed by atoms with Crippen molar-refractivity contribution in [2.45, 2.75) is 99.8 Å². The molecular weight excluding hydrogens is 480 g/mol. The van der Waals surface area contributed by atoms with Crippen molar-refractivity contribution in [1.82, 2.24) is 0 Å². The summed E-state index contributed by atoms with van der Waals surface area (Å²) in [5.74, 6) is -3.84. The Bertz CT molecular complexity index is 842. The monoisotopic (exact) mass is 519 g/mol. The zero-order chi connectivity index (χ0) is 25.4. The number of aliphatic hydroxyl groups excluding tert-OH is 2. The first kappa shape index (κ1) is 28.8. The number of rotatable bonds is 7. The summed E-state index contributed by atoms with van der Waals surface area (Å²) >= 11 is -2.61. The molecule has 1 heterocycles. The van der Waals surface area contributed by atoms with E-state index in [4.69, 9.17) is 13.6 Å². The van der Waals surface area contributed by atoms with Gasteiger partial charge in [0.2, 0.25) is 0 Å². The summed E-state index contributed by atoms with van der Waals surface area (Å²) in [6.45, 7) is 15.3. The van der Waals surface area contributed by atoms with Crippen molar-refractivity contribution in [2.24, 2.45) is 0 Å². The molecule has 7 atom stereocenters. The lowest BCUT2D eigenvalue weighted by atomic mass is 9.88. The van der Waals surface area contributed by atoms with E-state index in [0.29, 0.717) is 0 Å². The van der Waals surface area contributed by atoms with Gasteiger partial charge >= 0.3 is 0 Å². The molecule has 1 aliphatic rings. The Morgan fingerprint density at radius 1 is 1.12 bits per heavy atom. The summed E-state index contributed by atoms with van der Waals surface area (Å²) in [4.78, 5) is -0.0378. The zero-order valence-corrected chi connectivity index (χ0v) is 24.0. The van der Waals surface area contributed by atoms with Crippen molar-refractivity contribution in [3.05, 3.63) is 29.8 Å². The molecule has 190 valence electrons. The molecule has 0 aromatic heterocycles. The Hall–Kier alpha value is -0.476. The Morgan fingerprint density at radius 2 is 1.64 bits per heavy atom. The third-order valence-corrected chi connectivity index (χ3v) is 13.6. The van der Waals surface area contributed by atoms with Gasteiger partial charge in [0.15, 0.2) is 29.7 Å². The molecule has 8 nitrogen and oxygen atoms in total. The number of ether oxygens (including phenoxy) is 1. The van der Waals surface area contributed by atoms with Gasteiger partial charge in [0.1, 0.15) is 12.2 Å². The lowest BCUT2D eigenvalue weighted by molar-refractivity contribution is -0.370. The van der Waals surface area contributed by atoms with E-state index >= 15 is 0 Å². The average molecular weight is 520 g/mol. The van der Waals surface area contributed by atoms with Crippen LogP contribution in [0.5, 0.6) is 0 Å². The Balaban J connectivity index is 2.71. The quantitative estimate of drug-likeness (QED) is 0.284. The topological polar surface area (TPSA) is 129 Å². The standard InChI is InChI=1S/C22H40O8SSi2/c1-19(2,3)32(7)29-21(25)14-22(28-16(13-23)18(21)24,30-33(8)20(4,5)6)15-11-9-10-12-17(15)31(26)27/h9-12,16,18,23-25,32-33H,13-14H2,1-8H3,(H,26,27)/p-1/t16-,18-,21+,22-,32?,33?/m0/s1. The van der Waals surface area contributed by atoms with Crippen LogP contribution in [0.1, 0.15) is 53.5 Å². The van der Waals surface area contributed by atoms with Crippen molar-refractivity contribution in [3.63, 3.8) is 0 Å². The first-order valence-corrected chi connectivity index (χ1v) is 16.7. The van der Waals surface area contributed by atoms with Gasteiger partial charge < -0.3 is 33.5 Å². The highest BCUT2D eigenvalue weighted by atomic mass is 32.2. The van der Waals surface area contributed by atoms with Crippen LogP contribution in [-0.4, -0.2) is 66.8 Å². The van der Waals surface area contributed by atoms with Crippen molar-refractivity contribution < 1.29 is 37.7 Å². The van der Waals surface area contributed by atoms with Gasteiger partial charge in [0.05, 0.1) is 13.0 Å². The first-order valence-electron chi connectivity index (χ1n) is 11.2. The predicted molar refractivity (Wildman–Crippen MR) is 130 cm³/mol. The molecule has 0 spiro atoms. The van der Waals surface area contributed by atoms with Crippen molar-refractivity contribution >= 4 is 29.2 Å². The van der Waals surface area contributed by atoms with Gasteiger partial charge in [-0.25, -0.2) is 0 Å². The molecule has 1 saturated heterocycles. The highest BCUT2D eigenvalue weighted by Crippen LogP contribution is 2.48. The normalized spacial score (nSPS) is 31.8. The molecule has 3 unspecified atom stereocenters. The number of hydrogen-bond acceptors (Lipinski definition) is 8. The van der Waals surface area contributed by atoms with Crippen LogP contribution in [0.2, 0.25) is 23.2 Å². The molecule has 1 aromatic carbocycles. The Morgan fingerprint density at radius 3 is 2.12 bits per heavy atom. The van der Waals surface area contributed by atoms with Gasteiger partial charge in [0, 0.05) is 10.5 Å². The van der Waals surface area contributed by atoms with Gasteiger partial charge in [-0.2, -0.15) is 0 Å². The number of aliphatic hydroxyl groups is 3. The summed E-state index contributed by atoms with van der Waals surface area (Å²) < 4.78 is 43.1. The smallest absolute Gasteiger partial charge is 0.192 e. The fraction of sp³-hybridized carbons (Fsp3) is 0.727. The molecule has 3 N–H and O–H groups in total. The van der Waals surface area contributed by atoms with Crippen LogP contribution in [0, 0.1) is 0 Å². The SMILES string of the molecule is C[SiH](O[C@]1(c2ccccc2S(=O)[O-])C[C@@](O)(O[SiH](C)C(C)(C)C)[C@@H](O)[C@H](CO)O1)C(C)(C)C. The third-order valence-electron chi connectivity index (χ3n) is 6.49. The lowest BCUT2D eigenvalue weighted by Crippen LogP contribution is -2.65. The van der Waals surface area contributed by atoms with Crippen LogP contribution in [0.4, 0.5) is 0 Å². The molecular formula is C22H39O8SSi2-. The Kier molecular flexibility index (Phi) is 8.93. The van der Waals surface area contributed by atoms with Crippen LogP contribution in [0.3, 0.4) is 0 Å². The Labute approximate surface area is 203 Å². The van der Waals surface area contributed by atoms with E-state index in [1.807, 2.05) is 54.6 Å². The second-order valence-electron chi connectivity index (χ2n) is 11.0. The molecule has 33 heavy (non-hydrogen) atoms. The predicted octanol–water partition coefficient (Wildman–Crippen LogP) is 2.25. The van der Waals surface area contributed by atoms with Crippen LogP contribution in [-0.2, 0) is 30.5 Å². The second kappa shape index (κ2) is 10.3. The highest BCUT2D eigenvalue weighted by Gasteiger charge is 2.59. The van der Waals surface area contributed by atoms with Gasteiger partial charge in [-0.15, -0.1) is 0 Å². The molecule has 2 rings (SSSR count). The number of hydrogen-bond donors (Lipinski definition) is 3. The molecule has 0 amide bonds. The van der Waals surface area contributed by atoms with Crippen LogP contribution >= 0.6 is 0 Å². The van der Waals surface area contributed by atoms with E-state index in [1.54, 1.807) is 18.2 Å². The maximum absolute atomic E-state index is 12.1. The minimum Gasteiger partial charge on any atom is -0.768 e. The van der Waals surface area contributed by atoms with Gasteiger partial charge in [0.25, 0.3) is 0 Å². The minimum atomic E-state index is -2.61. The van der Waals surface area contributed by atoms with E-state index in [1.165, 1.54) is 6.07 Å². The molecule has 0 bridgehead atoms. The molecule has 11 heteroatoms. The fourth-order valence-electron chi connectivity index (χ4n) is 3.49. The molecule has 1 fully saturated rings. The van der Waals surface area contributed by atoms with Crippen molar-refractivity contribution in [1.29, 1.82) is 0 Å². The summed E-state index contributed by atoms with van der Waals surface area (Å²) in [6, 6.07) is 6.26. The molecule has 0 saturated carbocycles.